The van der Waals surface area contributed by atoms with Gasteiger partial charge in [0.25, 0.3) is 0 Å². The lowest BCUT2D eigenvalue weighted by Crippen LogP contribution is -2.48. The number of rotatable bonds is 7. The highest BCUT2D eigenvalue weighted by Gasteiger charge is 2.42. The summed E-state index contributed by atoms with van der Waals surface area (Å²) < 4.78 is 5.07. The average molecular weight is 349 g/mol. The number of carbonyl (C=O) groups excluding carboxylic acids is 2. The minimum Gasteiger partial charge on any atom is -0.447 e. The van der Waals surface area contributed by atoms with Crippen molar-refractivity contribution in [3.63, 3.8) is 0 Å². The highest BCUT2D eigenvalue weighted by Crippen LogP contribution is 2.24. The fourth-order valence-electron chi connectivity index (χ4n) is 3.19. The van der Waals surface area contributed by atoms with Crippen molar-refractivity contribution in [1.29, 1.82) is 0 Å². The quantitative estimate of drug-likeness (QED) is 0.786. The van der Waals surface area contributed by atoms with Crippen molar-refractivity contribution in [2.24, 2.45) is 11.8 Å². The molecular formula is C19H27NO5. The molecule has 2 rings (SSSR count). The maximum Gasteiger partial charge on any atom is 0.416 e. The smallest absolute Gasteiger partial charge is 0.416 e. The maximum absolute atomic E-state index is 12.8. The molecule has 1 saturated heterocycles. The number of nitrogens with zero attached hydrogens (tertiary/aromatic N) is 1. The molecule has 0 radical (unpaired) electrons. The van der Waals surface area contributed by atoms with E-state index >= 15 is 0 Å². The van der Waals surface area contributed by atoms with Crippen LogP contribution in [0.15, 0.2) is 30.3 Å². The van der Waals surface area contributed by atoms with Crippen LogP contribution in [0.4, 0.5) is 4.79 Å². The second kappa shape index (κ2) is 8.45. The van der Waals surface area contributed by atoms with E-state index in [-0.39, 0.29) is 12.6 Å². The molecule has 1 aromatic carbocycles. The van der Waals surface area contributed by atoms with Crippen LogP contribution in [-0.4, -0.2) is 52.0 Å². The summed E-state index contributed by atoms with van der Waals surface area (Å²) in [5.41, 5.74) is 1.01. The lowest BCUT2D eigenvalue weighted by Gasteiger charge is -2.30. The third kappa shape index (κ3) is 4.38. The van der Waals surface area contributed by atoms with Crippen LogP contribution in [0.2, 0.25) is 0 Å². The molecule has 1 aliphatic rings. The fourth-order valence-corrected chi connectivity index (χ4v) is 3.19. The monoisotopic (exact) mass is 349 g/mol. The summed E-state index contributed by atoms with van der Waals surface area (Å²) in [5, 5.41) is 20.3. The molecule has 138 valence electrons. The maximum atomic E-state index is 12.8. The summed E-state index contributed by atoms with van der Waals surface area (Å²) >= 11 is 0. The standard InChI is InChI=1S/C19H27NO5/c1-4-16(21)12(2)17(22)13(3)18(23)20-15(11-25-19(20)24)10-14-8-6-5-7-9-14/h5-9,12-13,15-17,21-22H,4,10-11H2,1-3H3/t12-,13-,15-,16+,17-/m0/s1. The molecule has 2 N–H and O–H groups in total. The van der Waals surface area contributed by atoms with E-state index < -0.39 is 36.0 Å². The number of benzene rings is 1. The minimum atomic E-state index is -1.03. The van der Waals surface area contributed by atoms with E-state index in [1.807, 2.05) is 37.3 Å². The molecule has 1 aliphatic heterocycles. The van der Waals surface area contributed by atoms with Gasteiger partial charge >= 0.3 is 6.09 Å². The number of hydrogen-bond donors (Lipinski definition) is 2. The lowest BCUT2D eigenvalue weighted by atomic mass is 9.87. The van der Waals surface area contributed by atoms with Gasteiger partial charge in [0.1, 0.15) is 6.61 Å². The van der Waals surface area contributed by atoms with E-state index in [2.05, 4.69) is 0 Å². The minimum absolute atomic E-state index is 0.148. The van der Waals surface area contributed by atoms with Crippen LogP contribution in [0.1, 0.15) is 32.8 Å². The molecule has 0 unspecified atom stereocenters. The van der Waals surface area contributed by atoms with Crippen molar-refractivity contribution in [3.05, 3.63) is 35.9 Å². The normalized spacial score (nSPS) is 22.2. The zero-order chi connectivity index (χ0) is 18.6. The van der Waals surface area contributed by atoms with E-state index in [0.717, 1.165) is 10.5 Å². The Kier molecular flexibility index (Phi) is 6.56. The molecule has 0 bridgehead atoms. The summed E-state index contributed by atoms with van der Waals surface area (Å²) in [6.45, 7) is 5.24. The first-order chi connectivity index (χ1) is 11.9. The Morgan fingerprint density at radius 1 is 1.28 bits per heavy atom. The van der Waals surface area contributed by atoms with Gasteiger partial charge in [-0.3, -0.25) is 4.79 Å². The van der Waals surface area contributed by atoms with E-state index in [0.29, 0.717) is 12.8 Å². The molecule has 1 heterocycles. The number of carbonyl (C=O) groups is 2. The third-order valence-electron chi connectivity index (χ3n) is 4.98. The molecule has 1 aromatic rings. The predicted molar refractivity (Wildman–Crippen MR) is 92.8 cm³/mol. The van der Waals surface area contributed by atoms with Crippen LogP contribution in [0.3, 0.4) is 0 Å². The summed E-state index contributed by atoms with van der Waals surface area (Å²) in [4.78, 5) is 26.0. The van der Waals surface area contributed by atoms with Crippen molar-refractivity contribution >= 4 is 12.0 Å². The van der Waals surface area contributed by atoms with Crippen molar-refractivity contribution in [3.8, 4) is 0 Å². The molecule has 6 heteroatoms. The fraction of sp³-hybridized carbons (Fsp3) is 0.579. The van der Waals surface area contributed by atoms with Gasteiger partial charge in [-0.05, 0) is 18.4 Å². The number of cyclic esters (lactones) is 1. The van der Waals surface area contributed by atoms with Crippen LogP contribution in [0.5, 0.6) is 0 Å². The summed E-state index contributed by atoms with van der Waals surface area (Å²) in [6.07, 6.45) is -1.41. The van der Waals surface area contributed by atoms with E-state index in [1.54, 1.807) is 13.8 Å². The number of aliphatic hydroxyl groups excluding tert-OH is 2. The summed E-state index contributed by atoms with van der Waals surface area (Å²) in [5.74, 6) is -1.73. The molecular weight excluding hydrogens is 322 g/mol. The van der Waals surface area contributed by atoms with Crippen LogP contribution in [0.25, 0.3) is 0 Å². The Morgan fingerprint density at radius 3 is 2.52 bits per heavy atom. The van der Waals surface area contributed by atoms with Gasteiger partial charge in [0.15, 0.2) is 0 Å². The first-order valence-corrected chi connectivity index (χ1v) is 8.76. The van der Waals surface area contributed by atoms with Crippen LogP contribution < -0.4 is 0 Å². The number of amides is 2. The summed E-state index contributed by atoms with van der Waals surface area (Å²) in [7, 11) is 0. The predicted octanol–water partition coefficient (Wildman–Crippen LogP) is 1.98. The van der Waals surface area contributed by atoms with E-state index in [1.165, 1.54) is 0 Å². The first-order valence-electron chi connectivity index (χ1n) is 8.76. The molecule has 25 heavy (non-hydrogen) atoms. The van der Waals surface area contributed by atoms with Crippen LogP contribution >= 0.6 is 0 Å². The molecule has 1 fully saturated rings. The van der Waals surface area contributed by atoms with Gasteiger partial charge in [-0.1, -0.05) is 51.1 Å². The van der Waals surface area contributed by atoms with Crippen molar-refractivity contribution < 1.29 is 24.5 Å². The second-order valence-electron chi connectivity index (χ2n) is 6.74. The van der Waals surface area contributed by atoms with Crippen molar-refractivity contribution in [2.75, 3.05) is 6.61 Å². The van der Waals surface area contributed by atoms with Crippen molar-refractivity contribution in [1.82, 2.24) is 4.90 Å². The molecule has 0 spiro atoms. The number of hydrogen-bond acceptors (Lipinski definition) is 5. The Morgan fingerprint density at radius 2 is 1.92 bits per heavy atom. The number of ether oxygens (including phenoxy) is 1. The second-order valence-corrected chi connectivity index (χ2v) is 6.74. The Balaban J connectivity index is 2.10. The highest BCUT2D eigenvalue weighted by molar-refractivity contribution is 5.95. The number of aliphatic hydroxyl groups is 2. The zero-order valence-corrected chi connectivity index (χ0v) is 15.0. The SMILES string of the molecule is CC[C@@H](O)[C@H](C)[C@H](O)[C@H](C)C(=O)N1C(=O)OC[C@@H]1Cc1ccccc1. The van der Waals surface area contributed by atoms with Gasteiger partial charge in [0.05, 0.1) is 24.2 Å². The lowest BCUT2D eigenvalue weighted by molar-refractivity contribution is -0.138. The molecule has 5 atom stereocenters. The molecule has 0 aromatic heterocycles. The summed E-state index contributed by atoms with van der Waals surface area (Å²) in [6, 6.07) is 9.19. The zero-order valence-electron chi connectivity index (χ0n) is 15.0. The molecule has 2 amide bonds. The van der Waals surface area contributed by atoms with Gasteiger partial charge in [-0.2, -0.15) is 0 Å². The first kappa shape index (κ1) is 19.4. The van der Waals surface area contributed by atoms with E-state index in [9.17, 15) is 19.8 Å². The molecule has 0 aliphatic carbocycles. The topological polar surface area (TPSA) is 87.1 Å². The van der Waals surface area contributed by atoms with Gasteiger partial charge in [0.2, 0.25) is 5.91 Å². The molecule has 0 saturated carbocycles. The van der Waals surface area contributed by atoms with Crippen LogP contribution in [-0.2, 0) is 16.0 Å². The Hall–Kier alpha value is -1.92. The third-order valence-corrected chi connectivity index (χ3v) is 4.98. The number of imide groups is 1. The van der Waals surface area contributed by atoms with Gasteiger partial charge in [-0.25, -0.2) is 9.69 Å². The molecule has 6 nitrogen and oxygen atoms in total. The van der Waals surface area contributed by atoms with Gasteiger partial charge in [-0.15, -0.1) is 0 Å². The Labute approximate surface area is 148 Å². The van der Waals surface area contributed by atoms with Gasteiger partial charge in [0, 0.05) is 5.92 Å². The average Bonchev–Trinajstić information content (AvgIpc) is 2.99. The van der Waals surface area contributed by atoms with Crippen molar-refractivity contribution in [2.45, 2.75) is 51.9 Å². The largest absolute Gasteiger partial charge is 0.447 e. The van der Waals surface area contributed by atoms with Crippen LogP contribution in [0, 0.1) is 11.8 Å². The van der Waals surface area contributed by atoms with E-state index in [4.69, 9.17) is 4.74 Å². The van der Waals surface area contributed by atoms with Gasteiger partial charge < -0.3 is 14.9 Å². The highest BCUT2D eigenvalue weighted by atomic mass is 16.6. The Bertz CT molecular complexity index is 591.